The van der Waals surface area contributed by atoms with Crippen LogP contribution in [0.25, 0.3) is 41.0 Å². The molecule has 0 spiro atoms. The molecule has 0 aliphatic carbocycles. The van der Waals surface area contributed by atoms with Gasteiger partial charge in [-0.3, -0.25) is 0 Å². The molecule has 5 aromatic rings. The van der Waals surface area contributed by atoms with Gasteiger partial charge in [0.15, 0.2) is 0 Å². The summed E-state index contributed by atoms with van der Waals surface area (Å²) in [5.41, 5.74) is 2.25. The molecule has 0 saturated heterocycles. The summed E-state index contributed by atoms with van der Waals surface area (Å²) in [5, 5.41) is 4.31. The molecule has 3 aromatic carbocycles. The molecule has 0 bridgehead atoms. The van der Waals surface area contributed by atoms with Crippen molar-refractivity contribution in [2.75, 3.05) is 0 Å². The monoisotopic (exact) mass is 351 g/mol. The topological polar surface area (TPSA) is 12.9 Å². The summed E-state index contributed by atoms with van der Waals surface area (Å²) in [4.78, 5) is 4.95. The first kappa shape index (κ1) is 13.5. The van der Waals surface area contributed by atoms with Gasteiger partial charge in [0.05, 0.1) is 19.9 Å². The van der Waals surface area contributed by atoms with Crippen LogP contribution in [-0.2, 0) is 0 Å². The van der Waals surface area contributed by atoms with Gasteiger partial charge in [0.2, 0.25) is 0 Å². The summed E-state index contributed by atoms with van der Waals surface area (Å²) in [6.45, 7) is 0. The fourth-order valence-corrected chi connectivity index (χ4v) is 5.32. The molecule has 1 nitrogen and oxygen atoms in total. The molecule has 0 amide bonds. The number of thiophene rings is 1. The molecule has 0 saturated carbocycles. The van der Waals surface area contributed by atoms with Gasteiger partial charge >= 0.3 is 0 Å². The second kappa shape index (κ2) is 5.03. The highest BCUT2D eigenvalue weighted by Gasteiger charge is 2.14. The molecule has 0 radical (unpaired) electrons. The lowest BCUT2D eigenvalue weighted by Crippen LogP contribution is -1.75. The van der Waals surface area contributed by atoms with Crippen molar-refractivity contribution < 1.29 is 0 Å². The van der Waals surface area contributed by atoms with Gasteiger partial charge in [-0.05, 0) is 18.2 Å². The molecule has 2 heterocycles. The molecular formula is C19H10ClNS2. The predicted octanol–water partition coefficient (Wildman–Crippen LogP) is 6.98. The smallest absolute Gasteiger partial charge is 0.124 e. The van der Waals surface area contributed by atoms with Crippen molar-refractivity contribution in [3.8, 4) is 10.6 Å². The highest BCUT2D eigenvalue weighted by Crippen LogP contribution is 2.43. The zero-order valence-corrected chi connectivity index (χ0v) is 14.3. The van der Waals surface area contributed by atoms with E-state index in [-0.39, 0.29) is 0 Å². The summed E-state index contributed by atoms with van der Waals surface area (Å²) in [7, 11) is 0. The third kappa shape index (κ3) is 2.01. The highest BCUT2D eigenvalue weighted by molar-refractivity contribution is 7.27. The van der Waals surface area contributed by atoms with E-state index in [1.54, 1.807) is 22.7 Å². The van der Waals surface area contributed by atoms with E-state index in [1.807, 2.05) is 18.2 Å². The number of rotatable bonds is 1. The first-order chi connectivity index (χ1) is 11.3. The Morgan fingerprint density at radius 1 is 0.783 bits per heavy atom. The van der Waals surface area contributed by atoms with E-state index in [1.165, 1.54) is 25.7 Å². The van der Waals surface area contributed by atoms with E-state index in [4.69, 9.17) is 16.6 Å². The maximum absolute atomic E-state index is 6.37. The van der Waals surface area contributed by atoms with Crippen LogP contribution in [-0.4, -0.2) is 4.98 Å². The molecule has 2 aromatic heterocycles. The Morgan fingerprint density at radius 2 is 1.61 bits per heavy atom. The van der Waals surface area contributed by atoms with Crippen LogP contribution in [0.4, 0.5) is 0 Å². The van der Waals surface area contributed by atoms with Gasteiger partial charge in [0.25, 0.3) is 0 Å². The van der Waals surface area contributed by atoms with E-state index >= 15 is 0 Å². The molecule has 5 rings (SSSR count). The van der Waals surface area contributed by atoms with Crippen molar-refractivity contribution in [2.24, 2.45) is 0 Å². The van der Waals surface area contributed by atoms with Crippen LogP contribution < -0.4 is 0 Å². The molecule has 23 heavy (non-hydrogen) atoms. The number of thiazole rings is 1. The lowest BCUT2D eigenvalue weighted by molar-refractivity contribution is 1.49. The number of halogens is 1. The van der Waals surface area contributed by atoms with Gasteiger partial charge in [0.1, 0.15) is 5.01 Å². The molecule has 110 valence electrons. The average Bonchev–Trinajstić information content (AvgIpc) is 3.17. The zero-order chi connectivity index (χ0) is 15.4. The van der Waals surface area contributed by atoms with Crippen LogP contribution in [0.15, 0.2) is 60.7 Å². The molecule has 4 heteroatoms. The minimum Gasteiger partial charge on any atom is -0.235 e. The Morgan fingerprint density at radius 3 is 2.48 bits per heavy atom. The van der Waals surface area contributed by atoms with Crippen LogP contribution in [0.2, 0.25) is 5.02 Å². The zero-order valence-electron chi connectivity index (χ0n) is 11.9. The quantitative estimate of drug-likeness (QED) is 0.317. The Labute approximate surface area is 145 Å². The van der Waals surface area contributed by atoms with Crippen molar-refractivity contribution in [1.82, 2.24) is 4.98 Å². The summed E-state index contributed by atoms with van der Waals surface area (Å²) in [5.74, 6) is 0. The fraction of sp³-hybridized carbons (Fsp3) is 0. The van der Waals surface area contributed by atoms with Crippen LogP contribution >= 0.6 is 34.3 Å². The van der Waals surface area contributed by atoms with Crippen molar-refractivity contribution in [1.29, 1.82) is 0 Å². The van der Waals surface area contributed by atoms with Crippen molar-refractivity contribution >= 4 is 64.7 Å². The van der Waals surface area contributed by atoms with Crippen LogP contribution in [0, 0.1) is 0 Å². The van der Waals surface area contributed by atoms with Gasteiger partial charge in [-0.2, -0.15) is 0 Å². The molecule has 0 aliphatic heterocycles. The summed E-state index contributed by atoms with van der Waals surface area (Å²) in [6, 6.07) is 20.8. The number of hydrogen-bond donors (Lipinski definition) is 0. The molecule has 0 N–H and O–H groups in total. The van der Waals surface area contributed by atoms with Crippen LogP contribution in [0.3, 0.4) is 0 Å². The van der Waals surface area contributed by atoms with Gasteiger partial charge < -0.3 is 0 Å². The Kier molecular flexibility index (Phi) is 2.95. The van der Waals surface area contributed by atoms with E-state index < -0.39 is 0 Å². The third-order valence-electron chi connectivity index (χ3n) is 3.99. The normalized spacial score (nSPS) is 11.7. The average molecular weight is 352 g/mol. The molecule has 0 fully saturated rings. The summed E-state index contributed by atoms with van der Waals surface area (Å²) >= 11 is 9.86. The Hall–Kier alpha value is -1.94. The van der Waals surface area contributed by atoms with Gasteiger partial charge in [-0.15, -0.1) is 22.7 Å². The van der Waals surface area contributed by atoms with E-state index in [0.29, 0.717) is 0 Å². The van der Waals surface area contributed by atoms with E-state index in [0.717, 1.165) is 20.2 Å². The fourth-order valence-electron chi connectivity index (χ4n) is 2.94. The van der Waals surface area contributed by atoms with Gasteiger partial charge in [-0.1, -0.05) is 54.1 Å². The summed E-state index contributed by atoms with van der Waals surface area (Å²) in [6.07, 6.45) is 0. The molecule has 0 atom stereocenters. The third-order valence-corrected chi connectivity index (χ3v) is 6.69. The maximum atomic E-state index is 6.37. The van der Waals surface area contributed by atoms with Crippen molar-refractivity contribution in [2.45, 2.75) is 0 Å². The SMILES string of the molecule is Clc1cccc2c1sc1ccc3sc(-c4ccccc4)nc3c12. The minimum absolute atomic E-state index is 0.815. The number of aromatic nitrogens is 1. The Balaban J connectivity index is 1.91. The highest BCUT2D eigenvalue weighted by atomic mass is 35.5. The van der Waals surface area contributed by atoms with Crippen molar-refractivity contribution in [3.63, 3.8) is 0 Å². The predicted molar refractivity (Wildman–Crippen MR) is 103 cm³/mol. The lowest BCUT2D eigenvalue weighted by Gasteiger charge is -1.94. The molecular weight excluding hydrogens is 342 g/mol. The van der Waals surface area contributed by atoms with E-state index in [2.05, 4.69) is 42.5 Å². The lowest BCUT2D eigenvalue weighted by atomic mass is 10.1. The molecule has 0 aliphatic rings. The second-order valence-electron chi connectivity index (χ2n) is 5.39. The number of benzene rings is 3. The second-order valence-corrected chi connectivity index (χ2v) is 7.88. The Bertz CT molecular complexity index is 1170. The van der Waals surface area contributed by atoms with Crippen LogP contribution in [0.5, 0.6) is 0 Å². The number of fused-ring (bicyclic) bond motifs is 5. The largest absolute Gasteiger partial charge is 0.235 e. The first-order valence-electron chi connectivity index (χ1n) is 7.27. The number of hydrogen-bond acceptors (Lipinski definition) is 3. The van der Waals surface area contributed by atoms with E-state index in [9.17, 15) is 0 Å². The first-order valence-corrected chi connectivity index (χ1v) is 9.28. The van der Waals surface area contributed by atoms with Gasteiger partial charge in [0, 0.05) is 21.0 Å². The molecule has 0 unspecified atom stereocenters. The van der Waals surface area contributed by atoms with Crippen LogP contribution in [0.1, 0.15) is 0 Å². The summed E-state index contributed by atoms with van der Waals surface area (Å²) < 4.78 is 3.60. The van der Waals surface area contributed by atoms with Crippen molar-refractivity contribution in [3.05, 3.63) is 65.7 Å². The maximum Gasteiger partial charge on any atom is 0.124 e. The minimum atomic E-state index is 0.815. The number of nitrogens with zero attached hydrogens (tertiary/aromatic N) is 1. The van der Waals surface area contributed by atoms with Gasteiger partial charge in [-0.25, -0.2) is 4.98 Å². The standard InChI is InChI=1S/C19H10ClNS2/c20-13-8-4-7-12-16-14(22-18(12)13)9-10-15-17(16)21-19(23-15)11-5-2-1-3-6-11/h1-10H.